The number of halogens is 3. The molecule has 0 aliphatic rings. The van der Waals surface area contributed by atoms with Crippen molar-refractivity contribution in [3.63, 3.8) is 0 Å². The SMILES string of the molecule is CCC(CC)Oc1cccc([B-](F)(F)F)c1. The molecule has 90 valence electrons. The second kappa shape index (κ2) is 5.28. The highest BCUT2D eigenvalue weighted by Gasteiger charge is 2.25. The van der Waals surface area contributed by atoms with Gasteiger partial charge in [-0.3, -0.25) is 0 Å². The molecule has 0 aliphatic heterocycles. The fourth-order valence-electron chi connectivity index (χ4n) is 1.44. The quantitative estimate of drug-likeness (QED) is 0.706. The van der Waals surface area contributed by atoms with Crippen LogP contribution >= 0.6 is 0 Å². The molecule has 0 aliphatic carbocycles. The zero-order valence-corrected chi connectivity index (χ0v) is 9.42. The molecule has 0 radical (unpaired) electrons. The van der Waals surface area contributed by atoms with Crippen LogP contribution in [0, 0.1) is 0 Å². The molecule has 0 fully saturated rings. The molecule has 0 spiro atoms. The number of hydrogen-bond acceptors (Lipinski definition) is 1. The van der Waals surface area contributed by atoms with Crippen LogP contribution in [0.25, 0.3) is 0 Å². The number of rotatable bonds is 5. The molecule has 16 heavy (non-hydrogen) atoms. The highest BCUT2D eigenvalue weighted by Crippen LogP contribution is 2.17. The number of hydrogen-bond donors (Lipinski definition) is 0. The highest BCUT2D eigenvalue weighted by molar-refractivity contribution is 6.73. The van der Waals surface area contributed by atoms with Crippen LogP contribution in [0.15, 0.2) is 24.3 Å². The molecule has 0 heterocycles. The Kier molecular flexibility index (Phi) is 4.27. The van der Waals surface area contributed by atoms with E-state index in [-0.39, 0.29) is 6.10 Å². The maximum absolute atomic E-state index is 12.5. The molecule has 0 bridgehead atoms. The van der Waals surface area contributed by atoms with Crippen LogP contribution in [0.5, 0.6) is 5.75 Å². The van der Waals surface area contributed by atoms with Gasteiger partial charge in [-0.2, -0.15) is 0 Å². The molecule has 1 aromatic rings. The zero-order chi connectivity index (χ0) is 12.2. The minimum absolute atomic E-state index is 0.0176. The Morgan fingerprint density at radius 1 is 1.19 bits per heavy atom. The highest BCUT2D eigenvalue weighted by atomic mass is 19.4. The Bertz CT molecular complexity index is 334. The minimum Gasteiger partial charge on any atom is -0.491 e. The van der Waals surface area contributed by atoms with Crippen LogP contribution in [0.3, 0.4) is 0 Å². The van der Waals surface area contributed by atoms with E-state index in [1.165, 1.54) is 6.07 Å². The third kappa shape index (κ3) is 3.47. The second-order valence-corrected chi connectivity index (χ2v) is 3.70. The normalized spacial score (nSPS) is 11.9. The summed E-state index contributed by atoms with van der Waals surface area (Å²) < 4.78 is 42.9. The van der Waals surface area contributed by atoms with Crippen molar-refractivity contribution < 1.29 is 17.7 Å². The molecule has 5 heteroatoms. The monoisotopic (exact) mass is 231 g/mol. The van der Waals surface area contributed by atoms with Gasteiger partial charge in [-0.05, 0) is 25.0 Å². The Labute approximate surface area is 93.7 Å². The average molecular weight is 231 g/mol. The van der Waals surface area contributed by atoms with Crippen molar-refractivity contribution in [3.8, 4) is 5.75 Å². The average Bonchev–Trinajstić information content (AvgIpc) is 2.25. The molecule has 0 saturated heterocycles. The first kappa shape index (κ1) is 12.9. The van der Waals surface area contributed by atoms with E-state index in [1.807, 2.05) is 13.8 Å². The Morgan fingerprint density at radius 3 is 2.31 bits per heavy atom. The lowest BCUT2D eigenvalue weighted by atomic mass is 9.80. The van der Waals surface area contributed by atoms with Gasteiger partial charge in [-0.1, -0.05) is 26.0 Å². The smallest absolute Gasteiger partial charge is 0.491 e. The van der Waals surface area contributed by atoms with Crippen LogP contribution in [0.1, 0.15) is 26.7 Å². The molecule has 1 aromatic carbocycles. The van der Waals surface area contributed by atoms with Gasteiger partial charge in [0.15, 0.2) is 0 Å². The second-order valence-electron chi connectivity index (χ2n) is 3.70. The Hall–Kier alpha value is -1.13. The van der Waals surface area contributed by atoms with Gasteiger partial charge in [-0.25, -0.2) is 0 Å². The lowest BCUT2D eigenvalue weighted by molar-refractivity contribution is 0.193. The maximum Gasteiger partial charge on any atom is 0.509 e. The summed E-state index contributed by atoms with van der Waals surface area (Å²) in [5, 5.41) is 0. The summed E-state index contributed by atoms with van der Waals surface area (Å²) in [5.74, 6) is 0.297. The zero-order valence-electron chi connectivity index (χ0n) is 9.42. The summed E-state index contributed by atoms with van der Waals surface area (Å²) >= 11 is 0. The van der Waals surface area contributed by atoms with Gasteiger partial charge in [0.25, 0.3) is 0 Å². The number of benzene rings is 1. The van der Waals surface area contributed by atoms with Crippen LogP contribution in [-0.2, 0) is 0 Å². The van der Waals surface area contributed by atoms with E-state index in [9.17, 15) is 12.9 Å². The van der Waals surface area contributed by atoms with Crippen molar-refractivity contribution in [2.75, 3.05) is 0 Å². The predicted octanol–water partition coefficient (Wildman–Crippen LogP) is 3.31. The van der Waals surface area contributed by atoms with E-state index in [0.29, 0.717) is 5.75 Å². The largest absolute Gasteiger partial charge is 0.509 e. The van der Waals surface area contributed by atoms with Crippen LogP contribution in [0.2, 0.25) is 0 Å². The van der Waals surface area contributed by atoms with Crippen molar-refractivity contribution in [2.24, 2.45) is 0 Å². The van der Waals surface area contributed by atoms with Crippen molar-refractivity contribution in [3.05, 3.63) is 24.3 Å². The van der Waals surface area contributed by atoms with E-state index >= 15 is 0 Å². The Morgan fingerprint density at radius 2 is 1.81 bits per heavy atom. The van der Waals surface area contributed by atoms with Crippen molar-refractivity contribution in [1.29, 1.82) is 0 Å². The lowest BCUT2D eigenvalue weighted by Gasteiger charge is -2.19. The summed E-state index contributed by atoms with van der Waals surface area (Å²) in [6.45, 7) is -1.04. The van der Waals surface area contributed by atoms with Gasteiger partial charge in [-0.15, -0.1) is 5.46 Å². The van der Waals surface area contributed by atoms with Crippen molar-refractivity contribution in [1.82, 2.24) is 0 Å². The van der Waals surface area contributed by atoms with E-state index in [4.69, 9.17) is 4.74 Å². The molecule has 0 amide bonds. The summed E-state index contributed by atoms with van der Waals surface area (Å²) in [6, 6.07) is 5.07. The first-order chi connectivity index (χ1) is 7.47. The molecule has 0 saturated carbocycles. The predicted molar refractivity (Wildman–Crippen MR) is 60.2 cm³/mol. The van der Waals surface area contributed by atoms with Crippen molar-refractivity contribution in [2.45, 2.75) is 32.8 Å². The van der Waals surface area contributed by atoms with Crippen LogP contribution in [-0.4, -0.2) is 13.1 Å². The summed E-state index contributed by atoms with van der Waals surface area (Å²) in [6.07, 6.45) is 1.56. The molecule has 1 rings (SSSR count). The van der Waals surface area contributed by atoms with Gasteiger partial charge in [0, 0.05) is 0 Å². The fourth-order valence-corrected chi connectivity index (χ4v) is 1.44. The van der Waals surface area contributed by atoms with E-state index in [2.05, 4.69) is 0 Å². The minimum atomic E-state index is -4.94. The molecule has 1 nitrogen and oxygen atoms in total. The van der Waals surface area contributed by atoms with Gasteiger partial charge in [0.2, 0.25) is 0 Å². The standard InChI is InChI=1S/C11H15BF3O/c1-3-10(4-2)16-11-7-5-6-9(8-11)12(13,14)15/h5-8,10H,3-4H2,1-2H3/q-1. The third-order valence-electron chi connectivity index (χ3n) is 2.45. The molecule has 0 unspecified atom stereocenters. The molecular weight excluding hydrogens is 216 g/mol. The molecule has 0 N–H and O–H groups in total. The summed E-state index contributed by atoms with van der Waals surface area (Å²) in [4.78, 5) is 0. The third-order valence-corrected chi connectivity index (χ3v) is 2.45. The van der Waals surface area contributed by atoms with E-state index in [0.717, 1.165) is 25.0 Å². The fraction of sp³-hybridized carbons (Fsp3) is 0.455. The first-order valence-electron chi connectivity index (χ1n) is 5.44. The Balaban J connectivity index is 2.82. The van der Waals surface area contributed by atoms with Gasteiger partial charge >= 0.3 is 6.98 Å². The number of ether oxygens (including phenoxy) is 1. The summed E-state index contributed by atoms with van der Waals surface area (Å²) in [5.41, 5.74) is -0.608. The van der Waals surface area contributed by atoms with Crippen LogP contribution in [0.4, 0.5) is 12.9 Å². The summed E-state index contributed by atoms with van der Waals surface area (Å²) in [7, 11) is 0. The molecule has 0 atom stereocenters. The van der Waals surface area contributed by atoms with E-state index in [1.54, 1.807) is 6.07 Å². The maximum atomic E-state index is 12.5. The molecular formula is C11H15BF3O-. The van der Waals surface area contributed by atoms with Gasteiger partial charge < -0.3 is 17.7 Å². The van der Waals surface area contributed by atoms with Gasteiger partial charge in [0.05, 0.1) is 6.10 Å². The topological polar surface area (TPSA) is 9.23 Å². The molecule has 0 aromatic heterocycles. The first-order valence-corrected chi connectivity index (χ1v) is 5.44. The lowest BCUT2D eigenvalue weighted by Crippen LogP contribution is -2.33. The van der Waals surface area contributed by atoms with Crippen LogP contribution < -0.4 is 10.2 Å². The van der Waals surface area contributed by atoms with E-state index < -0.39 is 12.4 Å². The van der Waals surface area contributed by atoms with Gasteiger partial charge in [0.1, 0.15) is 5.75 Å². The van der Waals surface area contributed by atoms with Crippen molar-refractivity contribution >= 4 is 12.4 Å².